The summed E-state index contributed by atoms with van der Waals surface area (Å²) in [6.45, 7) is 4.73. The quantitative estimate of drug-likeness (QED) is 0.615. The molecular weight excluding hydrogens is 412 g/mol. The van der Waals surface area contributed by atoms with Gasteiger partial charge >= 0.3 is 0 Å². The number of aryl methyl sites for hydroxylation is 1. The van der Waals surface area contributed by atoms with Crippen molar-refractivity contribution in [2.75, 3.05) is 20.1 Å². The van der Waals surface area contributed by atoms with Crippen molar-refractivity contribution < 1.29 is 18.0 Å². The number of hydrogen-bond acceptors (Lipinski definition) is 4. The van der Waals surface area contributed by atoms with Gasteiger partial charge in [0, 0.05) is 38.2 Å². The Bertz CT molecular complexity index is 1020. The maximum atomic E-state index is 12.9. The van der Waals surface area contributed by atoms with Crippen molar-refractivity contribution in [1.82, 2.24) is 9.21 Å². The van der Waals surface area contributed by atoms with Crippen LogP contribution in [0.3, 0.4) is 0 Å². The number of sulfonamides is 1. The van der Waals surface area contributed by atoms with Crippen LogP contribution in [0.2, 0.25) is 0 Å². The second-order valence-corrected chi connectivity index (χ2v) is 10.1. The maximum Gasteiger partial charge on any atom is 0.243 e. The molecule has 6 nitrogen and oxygen atoms in total. The van der Waals surface area contributed by atoms with Crippen LogP contribution in [0.25, 0.3) is 0 Å². The Labute approximate surface area is 184 Å². The predicted octanol–water partition coefficient (Wildman–Crippen LogP) is 3.51. The molecule has 0 saturated carbocycles. The van der Waals surface area contributed by atoms with Crippen LogP contribution in [-0.4, -0.2) is 49.5 Å². The average Bonchev–Trinajstić information content (AvgIpc) is 2.79. The van der Waals surface area contributed by atoms with Crippen molar-refractivity contribution in [3.8, 4) is 0 Å². The second-order valence-electron chi connectivity index (χ2n) is 8.12. The Morgan fingerprint density at radius 1 is 0.968 bits per heavy atom. The van der Waals surface area contributed by atoms with E-state index in [0.29, 0.717) is 38.0 Å². The van der Waals surface area contributed by atoms with Gasteiger partial charge in [-0.25, -0.2) is 8.42 Å². The van der Waals surface area contributed by atoms with E-state index in [1.54, 1.807) is 11.9 Å². The summed E-state index contributed by atoms with van der Waals surface area (Å²) in [7, 11) is -1.83. The van der Waals surface area contributed by atoms with E-state index in [1.165, 1.54) is 41.1 Å². The van der Waals surface area contributed by atoms with Gasteiger partial charge < -0.3 is 4.90 Å². The summed E-state index contributed by atoms with van der Waals surface area (Å²) in [5.41, 5.74) is 2.83. The smallest absolute Gasteiger partial charge is 0.243 e. The third kappa shape index (κ3) is 5.40. The van der Waals surface area contributed by atoms with Crippen LogP contribution in [0, 0.1) is 5.92 Å². The van der Waals surface area contributed by atoms with Gasteiger partial charge in [-0.3, -0.25) is 9.59 Å². The van der Waals surface area contributed by atoms with Gasteiger partial charge in [0.2, 0.25) is 15.9 Å². The molecule has 1 heterocycles. The first-order chi connectivity index (χ1) is 14.7. The molecule has 7 heteroatoms. The standard InChI is InChI=1S/C24H30N2O4S/c1-4-19-5-7-20(8-6-19)17-25(3)24(28)22-13-15-26(16-14-22)31(29,30)23-11-9-21(10-12-23)18(2)27/h5-12,22H,4,13-17H2,1-3H3. The zero-order valence-corrected chi connectivity index (χ0v) is 19.2. The van der Waals surface area contributed by atoms with E-state index in [9.17, 15) is 18.0 Å². The molecule has 2 aromatic rings. The Hall–Kier alpha value is -2.51. The molecule has 0 aromatic heterocycles. The zero-order chi connectivity index (χ0) is 22.6. The summed E-state index contributed by atoms with van der Waals surface area (Å²) in [5, 5.41) is 0. The lowest BCUT2D eigenvalue weighted by Gasteiger charge is -2.32. The monoisotopic (exact) mass is 442 g/mol. The van der Waals surface area contributed by atoms with Gasteiger partial charge in [0.05, 0.1) is 4.90 Å². The number of amides is 1. The van der Waals surface area contributed by atoms with E-state index < -0.39 is 10.0 Å². The third-order valence-electron chi connectivity index (χ3n) is 5.93. The number of ketones is 1. The number of benzene rings is 2. The topological polar surface area (TPSA) is 74.8 Å². The van der Waals surface area contributed by atoms with Gasteiger partial charge in [-0.15, -0.1) is 0 Å². The number of rotatable bonds is 7. The van der Waals surface area contributed by atoms with E-state index in [2.05, 4.69) is 31.2 Å². The van der Waals surface area contributed by atoms with E-state index in [1.807, 2.05) is 0 Å². The van der Waals surface area contributed by atoms with Crippen molar-refractivity contribution in [1.29, 1.82) is 0 Å². The summed E-state index contributed by atoms with van der Waals surface area (Å²) >= 11 is 0. The van der Waals surface area contributed by atoms with Crippen LogP contribution in [0.15, 0.2) is 53.4 Å². The molecule has 0 atom stereocenters. The number of piperidine rings is 1. The highest BCUT2D eigenvalue weighted by Gasteiger charge is 2.33. The molecule has 0 aliphatic carbocycles. The van der Waals surface area contributed by atoms with Crippen molar-refractivity contribution in [2.24, 2.45) is 5.92 Å². The summed E-state index contributed by atoms with van der Waals surface area (Å²) in [6.07, 6.45) is 1.99. The second kappa shape index (κ2) is 9.75. The molecule has 1 amide bonds. The molecule has 2 aromatic carbocycles. The van der Waals surface area contributed by atoms with Crippen LogP contribution in [-0.2, 0) is 27.8 Å². The molecule has 3 rings (SSSR count). The SMILES string of the molecule is CCc1ccc(CN(C)C(=O)C2CCN(S(=O)(=O)c3ccc(C(C)=O)cc3)CC2)cc1. The minimum Gasteiger partial charge on any atom is -0.341 e. The van der Waals surface area contributed by atoms with Crippen LogP contribution in [0.4, 0.5) is 0 Å². The van der Waals surface area contributed by atoms with E-state index in [4.69, 9.17) is 0 Å². The first-order valence-corrected chi connectivity index (χ1v) is 12.1. The maximum absolute atomic E-state index is 12.9. The summed E-state index contributed by atoms with van der Waals surface area (Å²) in [5.74, 6) is -0.220. The fourth-order valence-electron chi connectivity index (χ4n) is 3.90. The molecule has 0 unspecified atom stereocenters. The number of carbonyl (C=O) groups is 2. The Morgan fingerprint density at radius 2 is 1.52 bits per heavy atom. The van der Waals surface area contributed by atoms with Crippen molar-refractivity contribution in [3.63, 3.8) is 0 Å². The van der Waals surface area contributed by atoms with E-state index in [0.717, 1.165) is 12.0 Å². The highest BCUT2D eigenvalue weighted by atomic mass is 32.2. The number of nitrogens with zero attached hydrogens (tertiary/aromatic N) is 2. The normalized spacial score (nSPS) is 15.6. The molecule has 1 saturated heterocycles. The zero-order valence-electron chi connectivity index (χ0n) is 18.4. The van der Waals surface area contributed by atoms with Gasteiger partial charge in [0.1, 0.15) is 0 Å². The van der Waals surface area contributed by atoms with Crippen LogP contribution in [0.1, 0.15) is 48.2 Å². The third-order valence-corrected chi connectivity index (χ3v) is 7.84. The van der Waals surface area contributed by atoms with Crippen molar-refractivity contribution >= 4 is 21.7 Å². The van der Waals surface area contributed by atoms with E-state index >= 15 is 0 Å². The van der Waals surface area contributed by atoms with Crippen LogP contribution in [0.5, 0.6) is 0 Å². The molecule has 1 fully saturated rings. The predicted molar refractivity (Wildman–Crippen MR) is 120 cm³/mol. The molecule has 166 valence electrons. The molecular formula is C24H30N2O4S. The van der Waals surface area contributed by atoms with Gasteiger partial charge in [0.15, 0.2) is 5.78 Å². The fraction of sp³-hybridized carbons (Fsp3) is 0.417. The van der Waals surface area contributed by atoms with Gasteiger partial charge in [0.25, 0.3) is 0 Å². The molecule has 0 radical (unpaired) electrons. The highest BCUT2D eigenvalue weighted by Crippen LogP contribution is 2.25. The first-order valence-electron chi connectivity index (χ1n) is 10.7. The minimum atomic E-state index is -3.63. The molecule has 1 aliphatic rings. The summed E-state index contributed by atoms with van der Waals surface area (Å²) in [6, 6.07) is 14.3. The first kappa shape index (κ1) is 23.2. The number of hydrogen-bond donors (Lipinski definition) is 0. The lowest BCUT2D eigenvalue weighted by molar-refractivity contribution is -0.135. The summed E-state index contributed by atoms with van der Waals surface area (Å²) < 4.78 is 27.3. The molecule has 31 heavy (non-hydrogen) atoms. The largest absolute Gasteiger partial charge is 0.341 e. The molecule has 0 bridgehead atoms. The molecule has 0 spiro atoms. The van der Waals surface area contributed by atoms with Crippen molar-refractivity contribution in [2.45, 2.75) is 44.6 Å². The molecule has 0 N–H and O–H groups in total. The van der Waals surface area contributed by atoms with Crippen LogP contribution >= 0.6 is 0 Å². The van der Waals surface area contributed by atoms with E-state index in [-0.39, 0.29) is 22.5 Å². The van der Waals surface area contributed by atoms with Crippen LogP contribution < -0.4 is 0 Å². The summed E-state index contributed by atoms with van der Waals surface area (Å²) in [4.78, 5) is 26.2. The number of carbonyl (C=O) groups excluding carboxylic acids is 2. The van der Waals surface area contributed by atoms with Crippen molar-refractivity contribution in [3.05, 3.63) is 65.2 Å². The van der Waals surface area contributed by atoms with Gasteiger partial charge in [-0.05, 0) is 49.4 Å². The minimum absolute atomic E-state index is 0.0578. The number of Topliss-reactive ketones (excluding diaryl/α,β-unsaturated/α-hetero) is 1. The highest BCUT2D eigenvalue weighted by molar-refractivity contribution is 7.89. The Morgan fingerprint density at radius 3 is 2.03 bits per heavy atom. The average molecular weight is 443 g/mol. The van der Waals surface area contributed by atoms with Gasteiger partial charge in [-0.2, -0.15) is 4.31 Å². The Kier molecular flexibility index (Phi) is 7.28. The fourth-order valence-corrected chi connectivity index (χ4v) is 5.37. The Balaban J connectivity index is 1.58. The van der Waals surface area contributed by atoms with Gasteiger partial charge in [-0.1, -0.05) is 43.3 Å². The lowest BCUT2D eigenvalue weighted by Crippen LogP contribution is -2.43. The molecule has 1 aliphatic heterocycles. The lowest BCUT2D eigenvalue weighted by atomic mass is 9.96.